The molecule has 0 radical (unpaired) electrons. The van der Waals surface area contributed by atoms with Crippen molar-refractivity contribution in [1.29, 1.82) is 0 Å². The van der Waals surface area contributed by atoms with Crippen LogP contribution in [-0.2, 0) is 16.6 Å². The Balaban J connectivity index is 1.23. The first-order valence-corrected chi connectivity index (χ1v) is 13.9. The Bertz CT molecular complexity index is 1550. The Hall–Kier alpha value is -4.12. The Kier molecular flexibility index (Phi) is 7.69. The molecule has 5 rings (SSSR count). The molecule has 1 saturated heterocycles. The lowest BCUT2D eigenvalue weighted by molar-refractivity contribution is 0.0692. The van der Waals surface area contributed by atoms with E-state index in [1.54, 1.807) is 65.6 Å². The number of hydrogen-bond acceptors (Lipinski definition) is 6. The quantitative estimate of drug-likeness (QED) is 0.371. The van der Waals surface area contributed by atoms with Crippen LogP contribution in [0, 0.1) is 5.82 Å². The number of piperazine rings is 1. The first-order valence-electron chi connectivity index (χ1n) is 12.4. The van der Waals surface area contributed by atoms with Crippen LogP contribution in [0.3, 0.4) is 0 Å². The number of nitrogens with zero attached hydrogens (tertiary/aromatic N) is 3. The lowest BCUT2D eigenvalue weighted by Gasteiger charge is -2.33. The standard InChI is InChI=1S/C29H27FN4O4S/c30-23-8-12-25(13-9-23)38-24-10-6-22(7-11-24)27-2-1-3-28(32-27)29(35)33-16-18-34(19-17-33)39(36,37)26-14-4-21(20-31)5-15-26/h1-15H,16-20,31H2. The van der Waals surface area contributed by atoms with Gasteiger partial charge in [-0.3, -0.25) is 4.79 Å². The summed E-state index contributed by atoms with van der Waals surface area (Å²) < 4.78 is 46.3. The first-order chi connectivity index (χ1) is 18.8. The third kappa shape index (κ3) is 5.98. The van der Waals surface area contributed by atoms with Crippen molar-refractivity contribution in [3.8, 4) is 22.8 Å². The van der Waals surface area contributed by atoms with E-state index >= 15 is 0 Å². The highest BCUT2D eigenvalue weighted by atomic mass is 32.2. The molecular weight excluding hydrogens is 519 g/mol. The van der Waals surface area contributed by atoms with Gasteiger partial charge in [-0.05, 0) is 78.4 Å². The second-order valence-corrected chi connectivity index (χ2v) is 11.0. The van der Waals surface area contributed by atoms with E-state index < -0.39 is 10.0 Å². The summed E-state index contributed by atoms with van der Waals surface area (Å²) >= 11 is 0. The maximum Gasteiger partial charge on any atom is 0.272 e. The average Bonchev–Trinajstić information content (AvgIpc) is 2.98. The SMILES string of the molecule is NCc1ccc(S(=O)(=O)N2CCN(C(=O)c3cccc(-c4ccc(Oc5ccc(F)cc5)cc4)n3)CC2)cc1. The number of halogens is 1. The molecule has 1 amide bonds. The van der Waals surface area contributed by atoms with Crippen molar-refractivity contribution in [2.45, 2.75) is 11.4 Å². The average molecular weight is 547 g/mol. The number of carbonyl (C=O) groups excluding carboxylic acids is 1. The molecule has 3 aromatic carbocycles. The molecule has 0 saturated carbocycles. The van der Waals surface area contributed by atoms with E-state index in [9.17, 15) is 17.6 Å². The maximum atomic E-state index is 13.2. The number of ether oxygens (including phenoxy) is 1. The fourth-order valence-electron chi connectivity index (χ4n) is 4.29. The van der Waals surface area contributed by atoms with Gasteiger partial charge in [-0.2, -0.15) is 4.31 Å². The third-order valence-corrected chi connectivity index (χ3v) is 8.40. The van der Waals surface area contributed by atoms with Crippen LogP contribution in [0.25, 0.3) is 11.3 Å². The monoisotopic (exact) mass is 546 g/mol. The number of pyridine rings is 1. The van der Waals surface area contributed by atoms with Crippen LogP contribution in [-0.4, -0.2) is 54.7 Å². The number of aromatic nitrogens is 1. The van der Waals surface area contributed by atoms with Crippen molar-refractivity contribution in [2.75, 3.05) is 26.2 Å². The van der Waals surface area contributed by atoms with Crippen LogP contribution >= 0.6 is 0 Å². The molecule has 39 heavy (non-hydrogen) atoms. The molecule has 0 atom stereocenters. The van der Waals surface area contributed by atoms with E-state index in [1.807, 2.05) is 18.2 Å². The third-order valence-electron chi connectivity index (χ3n) is 6.49. The molecule has 2 N–H and O–H groups in total. The van der Waals surface area contributed by atoms with Gasteiger partial charge in [-0.25, -0.2) is 17.8 Å². The van der Waals surface area contributed by atoms with Gasteiger partial charge in [0.25, 0.3) is 5.91 Å². The molecule has 0 aliphatic carbocycles. The second kappa shape index (κ2) is 11.3. The van der Waals surface area contributed by atoms with Gasteiger partial charge < -0.3 is 15.4 Å². The number of carbonyl (C=O) groups is 1. The summed E-state index contributed by atoms with van der Waals surface area (Å²) in [5.74, 6) is 0.518. The Morgan fingerprint density at radius 2 is 1.46 bits per heavy atom. The predicted octanol–water partition coefficient (Wildman–Crippen LogP) is 4.29. The zero-order valence-electron chi connectivity index (χ0n) is 21.0. The van der Waals surface area contributed by atoms with Crippen molar-refractivity contribution in [1.82, 2.24) is 14.2 Å². The van der Waals surface area contributed by atoms with Crippen molar-refractivity contribution >= 4 is 15.9 Å². The van der Waals surface area contributed by atoms with E-state index in [-0.39, 0.29) is 48.5 Å². The normalized spacial score (nSPS) is 14.3. The van der Waals surface area contributed by atoms with Crippen molar-refractivity contribution < 1.29 is 22.3 Å². The molecule has 10 heteroatoms. The van der Waals surface area contributed by atoms with Crippen LogP contribution in [0.5, 0.6) is 11.5 Å². The number of sulfonamides is 1. The summed E-state index contributed by atoms with van der Waals surface area (Å²) in [6, 6.07) is 24.7. The smallest absolute Gasteiger partial charge is 0.272 e. The number of hydrogen-bond donors (Lipinski definition) is 1. The number of nitrogens with two attached hydrogens (primary N) is 1. The highest BCUT2D eigenvalue weighted by Crippen LogP contribution is 2.26. The van der Waals surface area contributed by atoms with Crippen LogP contribution in [0.2, 0.25) is 0 Å². The van der Waals surface area contributed by atoms with Gasteiger partial charge in [-0.1, -0.05) is 18.2 Å². The van der Waals surface area contributed by atoms with Gasteiger partial charge in [0.2, 0.25) is 10.0 Å². The fraction of sp³-hybridized carbons (Fsp3) is 0.172. The largest absolute Gasteiger partial charge is 0.457 e. The zero-order chi connectivity index (χ0) is 27.4. The molecule has 1 aliphatic rings. The molecule has 200 valence electrons. The topological polar surface area (TPSA) is 106 Å². The minimum atomic E-state index is -3.66. The summed E-state index contributed by atoms with van der Waals surface area (Å²) in [5, 5.41) is 0. The number of amides is 1. The molecule has 1 aliphatic heterocycles. The zero-order valence-corrected chi connectivity index (χ0v) is 21.9. The van der Waals surface area contributed by atoms with Gasteiger partial charge in [0, 0.05) is 38.3 Å². The van der Waals surface area contributed by atoms with Gasteiger partial charge in [0.05, 0.1) is 10.6 Å². The molecule has 0 unspecified atom stereocenters. The molecule has 1 fully saturated rings. The van der Waals surface area contributed by atoms with E-state index in [0.29, 0.717) is 23.7 Å². The maximum absolute atomic E-state index is 13.2. The van der Waals surface area contributed by atoms with E-state index in [2.05, 4.69) is 4.98 Å². The summed E-state index contributed by atoms with van der Waals surface area (Å²) in [6.45, 7) is 1.26. The second-order valence-electron chi connectivity index (χ2n) is 9.03. The van der Waals surface area contributed by atoms with Gasteiger partial charge in [-0.15, -0.1) is 0 Å². The van der Waals surface area contributed by atoms with Crippen LogP contribution in [0.4, 0.5) is 4.39 Å². The Morgan fingerprint density at radius 1 is 0.846 bits per heavy atom. The number of benzene rings is 3. The predicted molar refractivity (Wildman–Crippen MR) is 145 cm³/mol. The summed E-state index contributed by atoms with van der Waals surface area (Å²) in [6.07, 6.45) is 0. The molecule has 0 spiro atoms. The van der Waals surface area contributed by atoms with Crippen LogP contribution in [0.15, 0.2) is 95.9 Å². The van der Waals surface area contributed by atoms with E-state index in [4.69, 9.17) is 10.5 Å². The lowest BCUT2D eigenvalue weighted by Crippen LogP contribution is -2.50. The highest BCUT2D eigenvalue weighted by molar-refractivity contribution is 7.89. The highest BCUT2D eigenvalue weighted by Gasteiger charge is 2.30. The van der Waals surface area contributed by atoms with Crippen molar-refractivity contribution in [2.24, 2.45) is 5.73 Å². The molecule has 2 heterocycles. The van der Waals surface area contributed by atoms with Crippen molar-refractivity contribution in [3.05, 3.63) is 108 Å². The molecule has 8 nitrogen and oxygen atoms in total. The van der Waals surface area contributed by atoms with Crippen LogP contribution in [0.1, 0.15) is 16.1 Å². The van der Waals surface area contributed by atoms with Gasteiger partial charge >= 0.3 is 0 Å². The minimum absolute atomic E-state index is 0.196. The van der Waals surface area contributed by atoms with Gasteiger partial charge in [0.1, 0.15) is 23.0 Å². The van der Waals surface area contributed by atoms with E-state index in [0.717, 1.165) is 11.1 Å². The summed E-state index contributed by atoms with van der Waals surface area (Å²) in [7, 11) is -3.66. The van der Waals surface area contributed by atoms with Crippen molar-refractivity contribution in [3.63, 3.8) is 0 Å². The molecule has 4 aromatic rings. The Morgan fingerprint density at radius 3 is 2.08 bits per heavy atom. The number of rotatable bonds is 7. The van der Waals surface area contributed by atoms with Crippen LogP contribution < -0.4 is 10.5 Å². The Labute approximate surface area is 226 Å². The molecule has 0 bridgehead atoms. The summed E-state index contributed by atoms with van der Waals surface area (Å²) in [5.41, 5.74) is 8.16. The first kappa shape index (κ1) is 26.5. The van der Waals surface area contributed by atoms with E-state index in [1.165, 1.54) is 16.4 Å². The van der Waals surface area contributed by atoms with Gasteiger partial charge in [0.15, 0.2) is 0 Å². The minimum Gasteiger partial charge on any atom is -0.457 e. The summed E-state index contributed by atoms with van der Waals surface area (Å²) in [4.78, 5) is 19.6. The molecule has 1 aromatic heterocycles. The molecular formula is C29H27FN4O4S. The fourth-order valence-corrected chi connectivity index (χ4v) is 5.71. The lowest BCUT2D eigenvalue weighted by atomic mass is 10.1.